The number of anilines is 1. The number of carbonyl (C=O) groups excluding carboxylic acids is 1. The van der Waals surface area contributed by atoms with E-state index < -0.39 is 17.7 Å². The SMILES string of the molecule is CCOC(=O)/C(=N\Nc1cccc(C(F)(F)F)c1)N(CC)CC. The second-order valence-electron chi connectivity index (χ2n) is 4.52. The van der Waals surface area contributed by atoms with E-state index in [2.05, 4.69) is 10.5 Å². The van der Waals surface area contributed by atoms with Gasteiger partial charge in [0.15, 0.2) is 0 Å². The lowest BCUT2D eigenvalue weighted by molar-refractivity contribution is -0.137. The van der Waals surface area contributed by atoms with Crippen molar-refractivity contribution in [3.05, 3.63) is 29.8 Å². The van der Waals surface area contributed by atoms with Crippen LogP contribution in [0.25, 0.3) is 0 Å². The van der Waals surface area contributed by atoms with E-state index in [9.17, 15) is 18.0 Å². The maximum Gasteiger partial charge on any atom is 0.416 e. The maximum absolute atomic E-state index is 12.7. The van der Waals surface area contributed by atoms with Crippen LogP contribution in [-0.4, -0.2) is 36.4 Å². The molecule has 0 heterocycles. The zero-order valence-corrected chi connectivity index (χ0v) is 13.3. The molecule has 0 atom stereocenters. The van der Waals surface area contributed by atoms with Crippen LogP contribution in [0.3, 0.4) is 0 Å². The summed E-state index contributed by atoms with van der Waals surface area (Å²) in [5.41, 5.74) is 1.83. The minimum absolute atomic E-state index is 0.0225. The Hall–Kier alpha value is -2.25. The number of nitrogens with one attached hydrogen (secondary N) is 1. The first-order valence-corrected chi connectivity index (χ1v) is 7.26. The Balaban J connectivity index is 3.02. The molecule has 5 nitrogen and oxygen atoms in total. The fourth-order valence-electron chi connectivity index (χ4n) is 1.85. The molecule has 0 unspecified atom stereocenters. The molecular weight excluding hydrogens is 311 g/mol. The molecule has 0 saturated carbocycles. The molecule has 1 N–H and O–H groups in total. The predicted molar refractivity (Wildman–Crippen MR) is 82.1 cm³/mol. The average Bonchev–Trinajstić information content (AvgIpc) is 2.51. The Kier molecular flexibility index (Phi) is 6.87. The van der Waals surface area contributed by atoms with E-state index in [0.717, 1.165) is 12.1 Å². The molecule has 0 aliphatic carbocycles. The Bertz CT molecular complexity index is 555. The molecule has 0 aliphatic heterocycles. The summed E-state index contributed by atoms with van der Waals surface area (Å²) in [5, 5.41) is 3.93. The number of alkyl halides is 3. The van der Waals surface area contributed by atoms with Gasteiger partial charge in [0.2, 0.25) is 5.84 Å². The lowest BCUT2D eigenvalue weighted by Crippen LogP contribution is -2.38. The van der Waals surface area contributed by atoms with E-state index in [1.807, 2.05) is 13.8 Å². The van der Waals surface area contributed by atoms with Gasteiger partial charge in [0.1, 0.15) is 0 Å². The topological polar surface area (TPSA) is 53.9 Å². The highest BCUT2D eigenvalue weighted by molar-refractivity contribution is 6.35. The van der Waals surface area contributed by atoms with Crippen molar-refractivity contribution >= 4 is 17.5 Å². The van der Waals surface area contributed by atoms with Gasteiger partial charge in [0.25, 0.3) is 0 Å². The number of esters is 1. The molecule has 0 amide bonds. The van der Waals surface area contributed by atoms with Gasteiger partial charge in [0, 0.05) is 13.1 Å². The summed E-state index contributed by atoms with van der Waals surface area (Å²) in [7, 11) is 0. The van der Waals surface area contributed by atoms with Crippen LogP contribution < -0.4 is 5.43 Å². The Labute approximate surface area is 133 Å². The van der Waals surface area contributed by atoms with Crippen molar-refractivity contribution < 1.29 is 22.7 Å². The second kappa shape index (κ2) is 8.40. The zero-order chi connectivity index (χ0) is 17.5. The monoisotopic (exact) mass is 331 g/mol. The summed E-state index contributed by atoms with van der Waals surface area (Å²) in [6.07, 6.45) is -4.44. The van der Waals surface area contributed by atoms with Gasteiger partial charge in [-0.1, -0.05) is 6.07 Å². The molecule has 1 rings (SSSR count). The third-order valence-electron chi connectivity index (χ3n) is 3.00. The molecule has 0 radical (unpaired) electrons. The van der Waals surface area contributed by atoms with E-state index in [1.54, 1.807) is 11.8 Å². The summed E-state index contributed by atoms with van der Waals surface area (Å²) in [5.74, 6) is -0.607. The number of amidine groups is 1. The average molecular weight is 331 g/mol. The van der Waals surface area contributed by atoms with Gasteiger partial charge in [-0.25, -0.2) is 4.79 Å². The van der Waals surface area contributed by atoms with Gasteiger partial charge in [0.05, 0.1) is 17.9 Å². The maximum atomic E-state index is 12.7. The Morgan fingerprint density at radius 2 is 1.91 bits per heavy atom. The Morgan fingerprint density at radius 3 is 2.43 bits per heavy atom. The van der Waals surface area contributed by atoms with Crippen LogP contribution in [0.5, 0.6) is 0 Å². The fraction of sp³-hybridized carbons (Fsp3) is 0.467. The van der Waals surface area contributed by atoms with Gasteiger partial charge in [-0.15, -0.1) is 5.10 Å². The standard InChI is InChI=1S/C15H20F3N3O2/c1-4-21(5-2)13(14(22)23-6-3)20-19-12-9-7-8-11(10-12)15(16,17)18/h7-10,19H,4-6H2,1-3H3/b20-13+. The molecule has 0 bridgehead atoms. The van der Waals surface area contributed by atoms with Crippen molar-refractivity contribution in [3.63, 3.8) is 0 Å². The summed E-state index contributed by atoms with van der Waals surface area (Å²) in [4.78, 5) is 13.6. The summed E-state index contributed by atoms with van der Waals surface area (Å²) in [6.45, 7) is 6.54. The third kappa shape index (κ3) is 5.46. The van der Waals surface area contributed by atoms with E-state index in [0.29, 0.717) is 13.1 Å². The summed E-state index contributed by atoms with van der Waals surface area (Å²) in [6, 6.07) is 4.59. The van der Waals surface area contributed by atoms with Gasteiger partial charge < -0.3 is 9.64 Å². The molecule has 23 heavy (non-hydrogen) atoms. The van der Waals surface area contributed by atoms with Crippen LogP contribution in [0, 0.1) is 0 Å². The van der Waals surface area contributed by atoms with E-state index in [1.165, 1.54) is 12.1 Å². The number of hydrogen-bond acceptors (Lipinski definition) is 4. The Morgan fingerprint density at radius 1 is 1.26 bits per heavy atom. The minimum atomic E-state index is -4.44. The van der Waals surface area contributed by atoms with Crippen molar-refractivity contribution in [2.75, 3.05) is 25.1 Å². The van der Waals surface area contributed by atoms with Crippen molar-refractivity contribution in [2.45, 2.75) is 26.9 Å². The molecule has 8 heteroatoms. The molecule has 0 aliphatic rings. The number of halogens is 3. The van der Waals surface area contributed by atoms with Gasteiger partial charge in [-0.2, -0.15) is 13.2 Å². The van der Waals surface area contributed by atoms with E-state index in [4.69, 9.17) is 4.74 Å². The van der Waals surface area contributed by atoms with Crippen molar-refractivity contribution in [1.82, 2.24) is 4.90 Å². The summed E-state index contributed by atoms with van der Waals surface area (Å²) < 4.78 is 43.0. The largest absolute Gasteiger partial charge is 0.460 e. The highest BCUT2D eigenvalue weighted by Crippen LogP contribution is 2.30. The van der Waals surface area contributed by atoms with Crippen molar-refractivity contribution in [1.29, 1.82) is 0 Å². The molecule has 1 aromatic carbocycles. The summed E-state index contributed by atoms with van der Waals surface area (Å²) >= 11 is 0. The predicted octanol–water partition coefficient (Wildman–Crippen LogP) is 3.34. The van der Waals surface area contributed by atoms with E-state index in [-0.39, 0.29) is 18.1 Å². The normalized spacial score (nSPS) is 12.0. The van der Waals surface area contributed by atoms with Crippen LogP contribution in [-0.2, 0) is 15.7 Å². The van der Waals surface area contributed by atoms with Crippen LogP contribution >= 0.6 is 0 Å². The number of carbonyl (C=O) groups is 1. The van der Waals surface area contributed by atoms with Crippen LogP contribution in [0.4, 0.5) is 18.9 Å². The molecule has 0 spiro atoms. The number of benzene rings is 1. The molecule has 0 aromatic heterocycles. The van der Waals surface area contributed by atoms with E-state index >= 15 is 0 Å². The third-order valence-corrected chi connectivity index (χ3v) is 3.00. The van der Waals surface area contributed by atoms with Crippen LogP contribution in [0.15, 0.2) is 29.4 Å². The number of nitrogens with zero attached hydrogens (tertiary/aromatic N) is 2. The fourth-order valence-corrected chi connectivity index (χ4v) is 1.85. The van der Waals surface area contributed by atoms with Gasteiger partial charge in [-0.05, 0) is 39.0 Å². The van der Waals surface area contributed by atoms with Crippen LogP contribution in [0.1, 0.15) is 26.3 Å². The highest BCUT2D eigenvalue weighted by Gasteiger charge is 2.30. The van der Waals surface area contributed by atoms with Crippen molar-refractivity contribution in [2.24, 2.45) is 5.10 Å². The number of hydrogen-bond donors (Lipinski definition) is 1. The number of ether oxygens (including phenoxy) is 1. The molecule has 0 fully saturated rings. The lowest BCUT2D eigenvalue weighted by atomic mass is 10.2. The lowest BCUT2D eigenvalue weighted by Gasteiger charge is -2.21. The molecular formula is C15H20F3N3O2. The van der Waals surface area contributed by atoms with Gasteiger partial charge in [-0.3, -0.25) is 5.43 Å². The van der Waals surface area contributed by atoms with Crippen molar-refractivity contribution in [3.8, 4) is 0 Å². The quantitative estimate of drug-likeness (QED) is 0.389. The first-order valence-electron chi connectivity index (χ1n) is 7.26. The second-order valence-corrected chi connectivity index (χ2v) is 4.52. The van der Waals surface area contributed by atoms with Gasteiger partial charge >= 0.3 is 12.1 Å². The minimum Gasteiger partial charge on any atom is -0.460 e. The molecule has 1 aromatic rings. The number of rotatable bonds is 5. The number of hydrazone groups is 1. The number of likely N-dealkylation sites (N-methyl/N-ethyl adjacent to an activating group) is 1. The zero-order valence-electron chi connectivity index (χ0n) is 13.3. The van der Waals surface area contributed by atoms with Crippen LogP contribution in [0.2, 0.25) is 0 Å². The highest BCUT2D eigenvalue weighted by atomic mass is 19.4. The smallest absolute Gasteiger partial charge is 0.416 e. The first kappa shape index (κ1) is 18.8. The molecule has 0 saturated heterocycles. The first-order chi connectivity index (χ1) is 10.8. The molecule has 128 valence electrons.